The van der Waals surface area contributed by atoms with Gasteiger partial charge in [-0.05, 0) is 0 Å². The van der Waals surface area contributed by atoms with E-state index in [2.05, 4.69) is 15.0 Å². The van der Waals surface area contributed by atoms with E-state index in [0.717, 1.165) is 16.8 Å². The second kappa shape index (κ2) is 7.23. The maximum Gasteiger partial charge on any atom is 0.255 e. The smallest absolute Gasteiger partial charge is 0.255 e. The fourth-order valence-corrected chi connectivity index (χ4v) is 2.68. The molecule has 1 aliphatic rings. The summed E-state index contributed by atoms with van der Waals surface area (Å²) in [6.07, 6.45) is 2.76. The number of hydrogen-bond donors (Lipinski definition) is 0. The van der Waals surface area contributed by atoms with E-state index in [-0.39, 0.29) is 18.9 Å². The normalized spacial score (nSPS) is 17.2. The lowest BCUT2D eigenvalue weighted by Gasteiger charge is -2.08. The van der Waals surface area contributed by atoms with Gasteiger partial charge in [-0.25, -0.2) is 23.7 Å². The molecule has 0 amide bonds. The first kappa shape index (κ1) is 17.3. The molecule has 6 heteroatoms. The Hall–Kier alpha value is -3.15. The van der Waals surface area contributed by atoms with Gasteiger partial charge in [0.1, 0.15) is 0 Å². The third kappa shape index (κ3) is 4.16. The van der Waals surface area contributed by atoms with Gasteiger partial charge in [0.15, 0.2) is 5.82 Å². The van der Waals surface area contributed by atoms with Crippen LogP contribution in [0.4, 0.5) is 14.6 Å². The molecule has 1 atom stereocenters. The molecule has 3 aromatic rings. The van der Waals surface area contributed by atoms with Gasteiger partial charge in [-0.1, -0.05) is 60.7 Å². The number of halogens is 2. The second-order valence-electron chi connectivity index (χ2n) is 6.38. The van der Waals surface area contributed by atoms with Crippen LogP contribution in [0.15, 0.2) is 78.0 Å². The van der Waals surface area contributed by atoms with Crippen molar-refractivity contribution in [2.24, 2.45) is 10.9 Å². The van der Waals surface area contributed by atoms with E-state index in [1.807, 2.05) is 60.7 Å². The van der Waals surface area contributed by atoms with Crippen molar-refractivity contribution in [1.29, 1.82) is 0 Å². The SMILES string of the molecule is FC1(F)C[C@H]1COc1cnc(N=C(c2ccccc2)c2ccccc2)cn1. The molecule has 0 bridgehead atoms. The van der Waals surface area contributed by atoms with Crippen molar-refractivity contribution in [3.8, 4) is 5.88 Å². The largest absolute Gasteiger partial charge is 0.476 e. The topological polar surface area (TPSA) is 47.4 Å². The number of aromatic nitrogens is 2. The minimum atomic E-state index is -2.60. The van der Waals surface area contributed by atoms with E-state index >= 15 is 0 Å². The molecule has 4 rings (SSSR count). The van der Waals surface area contributed by atoms with E-state index in [0.29, 0.717) is 5.82 Å². The Balaban J connectivity index is 1.55. The molecule has 1 aliphatic carbocycles. The van der Waals surface area contributed by atoms with Crippen molar-refractivity contribution >= 4 is 11.5 Å². The van der Waals surface area contributed by atoms with Crippen LogP contribution in [0.1, 0.15) is 17.5 Å². The number of rotatable bonds is 6. The third-order valence-electron chi connectivity index (χ3n) is 4.32. The molecule has 2 aromatic carbocycles. The lowest BCUT2D eigenvalue weighted by molar-refractivity contribution is 0.0849. The Morgan fingerprint density at radius 2 is 1.56 bits per heavy atom. The predicted molar refractivity (Wildman–Crippen MR) is 98.8 cm³/mol. The fourth-order valence-electron chi connectivity index (χ4n) is 2.68. The van der Waals surface area contributed by atoms with Gasteiger partial charge < -0.3 is 4.74 Å². The predicted octanol–water partition coefficient (Wildman–Crippen LogP) is 4.68. The highest BCUT2D eigenvalue weighted by molar-refractivity contribution is 6.13. The van der Waals surface area contributed by atoms with Gasteiger partial charge in [-0.15, -0.1) is 0 Å². The first-order valence-electron chi connectivity index (χ1n) is 8.64. The van der Waals surface area contributed by atoms with Crippen LogP contribution in [0.3, 0.4) is 0 Å². The average Bonchev–Trinajstić information content (AvgIpc) is 3.33. The van der Waals surface area contributed by atoms with E-state index in [9.17, 15) is 8.78 Å². The summed E-state index contributed by atoms with van der Waals surface area (Å²) >= 11 is 0. The minimum absolute atomic E-state index is 0.0520. The molecule has 1 heterocycles. The van der Waals surface area contributed by atoms with Gasteiger partial charge in [0.25, 0.3) is 5.92 Å². The monoisotopic (exact) mass is 365 g/mol. The summed E-state index contributed by atoms with van der Waals surface area (Å²) < 4.78 is 31.1. The zero-order chi connectivity index (χ0) is 18.7. The van der Waals surface area contributed by atoms with Gasteiger partial charge in [0.05, 0.1) is 30.6 Å². The zero-order valence-corrected chi connectivity index (χ0v) is 14.4. The van der Waals surface area contributed by atoms with E-state index in [1.165, 1.54) is 12.4 Å². The standard InChI is InChI=1S/C21H17F2N3O/c22-21(23)11-17(21)14-27-19-13-24-18(12-25-19)26-20(15-7-3-1-4-8-15)16-9-5-2-6-10-16/h1-10,12-13,17H,11,14H2/t17-/m0/s1. The summed E-state index contributed by atoms with van der Waals surface area (Å²) in [5, 5.41) is 0. The van der Waals surface area contributed by atoms with Crippen LogP contribution in [-0.2, 0) is 0 Å². The first-order chi connectivity index (χ1) is 13.1. The molecular weight excluding hydrogens is 348 g/mol. The number of hydrogen-bond acceptors (Lipinski definition) is 4. The highest BCUT2D eigenvalue weighted by atomic mass is 19.3. The summed E-state index contributed by atoms with van der Waals surface area (Å²) in [4.78, 5) is 13.0. The average molecular weight is 365 g/mol. The number of alkyl halides is 2. The van der Waals surface area contributed by atoms with Crippen LogP contribution in [0.5, 0.6) is 5.88 Å². The Morgan fingerprint density at radius 3 is 2.04 bits per heavy atom. The molecule has 0 spiro atoms. The summed E-state index contributed by atoms with van der Waals surface area (Å²) in [6, 6.07) is 19.6. The molecule has 27 heavy (non-hydrogen) atoms. The van der Waals surface area contributed by atoms with Crippen LogP contribution in [0.2, 0.25) is 0 Å². The fraction of sp³-hybridized carbons (Fsp3) is 0.190. The Kier molecular flexibility index (Phi) is 4.62. The number of aliphatic imine (C=N–C) groups is 1. The van der Waals surface area contributed by atoms with Crippen molar-refractivity contribution in [3.05, 3.63) is 84.2 Å². The summed E-state index contributed by atoms with van der Waals surface area (Å²) in [5.74, 6) is -2.68. The number of benzene rings is 2. The number of ether oxygens (including phenoxy) is 1. The van der Waals surface area contributed by atoms with Crippen molar-refractivity contribution in [2.75, 3.05) is 6.61 Å². The van der Waals surface area contributed by atoms with E-state index in [4.69, 9.17) is 4.74 Å². The lowest BCUT2D eigenvalue weighted by atomic mass is 10.0. The summed E-state index contributed by atoms with van der Waals surface area (Å²) in [6.45, 7) is -0.0520. The van der Waals surface area contributed by atoms with Gasteiger partial charge in [0.2, 0.25) is 5.88 Å². The molecule has 0 radical (unpaired) electrons. The Bertz CT molecular complexity index is 887. The van der Waals surface area contributed by atoms with Crippen molar-refractivity contribution in [3.63, 3.8) is 0 Å². The summed E-state index contributed by atoms with van der Waals surface area (Å²) in [5.41, 5.74) is 2.69. The van der Waals surface area contributed by atoms with E-state index in [1.54, 1.807) is 0 Å². The molecule has 1 aromatic heterocycles. The minimum Gasteiger partial charge on any atom is -0.476 e. The quantitative estimate of drug-likeness (QED) is 0.596. The van der Waals surface area contributed by atoms with Crippen LogP contribution < -0.4 is 4.74 Å². The second-order valence-corrected chi connectivity index (χ2v) is 6.38. The van der Waals surface area contributed by atoms with Gasteiger partial charge >= 0.3 is 0 Å². The number of nitrogens with zero attached hydrogens (tertiary/aromatic N) is 3. The molecule has 1 fully saturated rings. The van der Waals surface area contributed by atoms with Gasteiger partial charge in [-0.3, -0.25) is 0 Å². The van der Waals surface area contributed by atoms with Crippen LogP contribution >= 0.6 is 0 Å². The highest BCUT2D eigenvalue weighted by Gasteiger charge is 2.57. The van der Waals surface area contributed by atoms with Crippen LogP contribution in [-0.4, -0.2) is 28.2 Å². The maximum atomic E-state index is 12.9. The van der Waals surface area contributed by atoms with Crippen molar-refractivity contribution in [2.45, 2.75) is 12.3 Å². The molecule has 0 N–H and O–H groups in total. The lowest BCUT2D eigenvalue weighted by Crippen LogP contribution is -2.06. The molecule has 0 unspecified atom stereocenters. The zero-order valence-electron chi connectivity index (χ0n) is 14.4. The van der Waals surface area contributed by atoms with Gasteiger partial charge in [-0.2, -0.15) is 0 Å². The molecular formula is C21H17F2N3O. The van der Waals surface area contributed by atoms with Crippen LogP contribution in [0, 0.1) is 5.92 Å². The van der Waals surface area contributed by atoms with Crippen molar-refractivity contribution < 1.29 is 13.5 Å². The molecule has 0 aliphatic heterocycles. The molecule has 136 valence electrons. The Morgan fingerprint density at radius 1 is 0.963 bits per heavy atom. The van der Waals surface area contributed by atoms with E-state index < -0.39 is 11.8 Å². The first-order valence-corrected chi connectivity index (χ1v) is 8.64. The molecule has 0 saturated heterocycles. The highest BCUT2D eigenvalue weighted by Crippen LogP contribution is 2.48. The van der Waals surface area contributed by atoms with Crippen LogP contribution in [0.25, 0.3) is 0 Å². The maximum absolute atomic E-state index is 12.9. The summed E-state index contributed by atoms with van der Waals surface area (Å²) in [7, 11) is 0. The molecule has 4 nitrogen and oxygen atoms in total. The van der Waals surface area contributed by atoms with Crippen molar-refractivity contribution in [1.82, 2.24) is 9.97 Å². The molecule has 1 saturated carbocycles. The third-order valence-corrected chi connectivity index (χ3v) is 4.32. The Labute approximate surface area is 155 Å². The van der Waals surface area contributed by atoms with Gasteiger partial charge in [0, 0.05) is 17.5 Å².